The van der Waals surface area contributed by atoms with Gasteiger partial charge in [0.25, 0.3) is 0 Å². The summed E-state index contributed by atoms with van der Waals surface area (Å²) in [6.45, 7) is 9.99. The highest BCUT2D eigenvalue weighted by atomic mass is 19.5. The maximum absolute atomic E-state index is 13.1. The minimum absolute atomic E-state index is 0.0521. The first-order valence-electron chi connectivity index (χ1n) is 15.1. The van der Waals surface area contributed by atoms with Gasteiger partial charge >= 0.3 is 19.0 Å². The van der Waals surface area contributed by atoms with Crippen molar-refractivity contribution >= 4 is 13.2 Å². The second-order valence-corrected chi connectivity index (χ2v) is 11.6. The van der Waals surface area contributed by atoms with Gasteiger partial charge in [-0.1, -0.05) is 98.3 Å². The lowest BCUT2D eigenvalue weighted by Gasteiger charge is -2.36. The molecule has 0 N–H and O–H groups in total. The van der Waals surface area contributed by atoms with Crippen LogP contribution in [0.25, 0.3) is 0 Å². The third-order valence-electron chi connectivity index (χ3n) is 7.73. The number of aryl methyl sites for hydroxylation is 2. The lowest BCUT2D eigenvalue weighted by atomic mass is 9.75. The molecule has 3 atom stereocenters. The van der Waals surface area contributed by atoms with Crippen LogP contribution in [-0.2, 0) is 18.3 Å². The van der Waals surface area contributed by atoms with Gasteiger partial charge in [-0.25, -0.2) is 13.9 Å². The summed E-state index contributed by atoms with van der Waals surface area (Å²) >= 11 is 0. The Morgan fingerprint density at radius 3 is 1.97 bits per heavy atom. The van der Waals surface area contributed by atoms with Crippen LogP contribution >= 0.6 is 0 Å². The van der Waals surface area contributed by atoms with Crippen molar-refractivity contribution in [2.45, 2.75) is 137 Å². The van der Waals surface area contributed by atoms with Gasteiger partial charge in [-0.2, -0.15) is 0 Å². The van der Waals surface area contributed by atoms with Crippen LogP contribution in [0, 0.1) is 17.8 Å². The van der Waals surface area contributed by atoms with E-state index in [0.29, 0.717) is 23.6 Å². The Balaban J connectivity index is 0.00000132. The predicted octanol–water partition coefficient (Wildman–Crippen LogP) is 8.93. The third-order valence-corrected chi connectivity index (χ3v) is 7.73. The Morgan fingerprint density at radius 1 is 0.974 bits per heavy atom. The Morgan fingerprint density at radius 2 is 1.47 bits per heavy atom. The number of esters is 1. The van der Waals surface area contributed by atoms with Crippen LogP contribution in [0.1, 0.15) is 135 Å². The highest BCUT2D eigenvalue weighted by Gasteiger charge is 2.36. The van der Waals surface area contributed by atoms with Gasteiger partial charge in [0.1, 0.15) is 18.5 Å². The van der Waals surface area contributed by atoms with Crippen LogP contribution in [0.4, 0.5) is 17.3 Å². The number of carbonyl (C=O) groups is 1. The molecule has 0 saturated heterocycles. The molecule has 2 rings (SSSR count). The van der Waals surface area contributed by atoms with Crippen molar-refractivity contribution in [1.82, 2.24) is 4.57 Å². The average Bonchev–Trinajstić information content (AvgIpc) is 3.18. The number of rotatable bonds is 16. The second kappa shape index (κ2) is 18.7. The van der Waals surface area contributed by atoms with Crippen LogP contribution in [0.15, 0.2) is 12.4 Å². The molecule has 0 bridgehead atoms. The van der Waals surface area contributed by atoms with Crippen LogP contribution in [0.2, 0.25) is 0 Å². The molecule has 0 unspecified atom stereocenters. The maximum Gasteiger partial charge on any atom is 0.673 e. The zero-order valence-corrected chi connectivity index (χ0v) is 24.6. The highest BCUT2D eigenvalue weighted by Crippen LogP contribution is 2.35. The number of imidazole rings is 1. The Bertz CT molecular complexity index is 764. The Labute approximate surface area is 229 Å². The van der Waals surface area contributed by atoms with E-state index < -0.39 is 7.25 Å². The summed E-state index contributed by atoms with van der Waals surface area (Å²) < 4.78 is 49.2. The topological polar surface area (TPSA) is 35.1 Å². The van der Waals surface area contributed by atoms with E-state index in [1.807, 2.05) is 24.0 Å². The first-order valence-corrected chi connectivity index (χ1v) is 15.1. The standard InChI is InChI=1S/C29H53N2O2.BF4/c1-6-7-8-9-10-11-12-13-14-15-16-17-20-31-22-21-30(5)28(31)29(32)33-27-23-25(4)18-19-26(27)24(2)3;2-1(3,4)5/h21-22,24-27H,6-20,23H2,1-5H3;/q+1;-1/t25-,26+,27-;/m0./s1. The minimum Gasteiger partial charge on any atom is -0.453 e. The molecule has 1 aromatic heterocycles. The smallest absolute Gasteiger partial charge is 0.453 e. The van der Waals surface area contributed by atoms with Crippen molar-refractivity contribution in [1.29, 1.82) is 0 Å². The van der Waals surface area contributed by atoms with Gasteiger partial charge in [0.05, 0.1) is 13.6 Å². The van der Waals surface area contributed by atoms with Crippen molar-refractivity contribution in [2.75, 3.05) is 0 Å². The van der Waals surface area contributed by atoms with Crippen molar-refractivity contribution in [3.05, 3.63) is 18.2 Å². The van der Waals surface area contributed by atoms with E-state index in [1.165, 1.54) is 83.5 Å². The van der Waals surface area contributed by atoms with Gasteiger partial charge in [-0.05, 0) is 43.4 Å². The molecule has 38 heavy (non-hydrogen) atoms. The number of carbonyl (C=O) groups excluding carboxylic acids is 1. The normalized spacial score (nSPS) is 19.8. The quantitative estimate of drug-likeness (QED) is 0.0680. The SMILES string of the molecule is CCCCCCCCCCCCCCn1cc[n+](C)c1C(=O)O[C@H]1C[C@@H](C)CC[C@@H]1C(C)C.F[B-](F)(F)F. The van der Waals surface area contributed by atoms with Gasteiger partial charge in [-0.15, -0.1) is 0 Å². The molecule has 0 spiro atoms. The molecule has 0 amide bonds. The molecular formula is C29H53BF4N2O2. The lowest BCUT2D eigenvalue weighted by Crippen LogP contribution is -2.41. The molecule has 1 aliphatic rings. The van der Waals surface area contributed by atoms with E-state index in [0.717, 1.165) is 19.4 Å². The Kier molecular flexibility index (Phi) is 17.0. The number of halogens is 4. The summed E-state index contributed by atoms with van der Waals surface area (Å²) in [7, 11) is -4.04. The van der Waals surface area contributed by atoms with Gasteiger partial charge in [0.15, 0.2) is 0 Å². The number of hydrogen-bond donors (Lipinski definition) is 0. The molecule has 1 fully saturated rings. The zero-order chi connectivity index (χ0) is 28.6. The number of aromatic nitrogens is 2. The van der Waals surface area contributed by atoms with E-state index >= 15 is 0 Å². The fraction of sp³-hybridized carbons (Fsp3) is 0.862. The summed E-state index contributed by atoms with van der Waals surface area (Å²) in [5.41, 5.74) is 0. The van der Waals surface area contributed by atoms with Gasteiger partial charge in [0.2, 0.25) is 0 Å². The van der Waals surface area contributed by atoms with Crippen LogP contribution in [-0.4, -0.2) is 23.9 Å². The fourth-order valence-corrected chi connectivity index (χ4v) is 5.53. The summed E-state index contributed by atoms with van der Waals surface area (Å²) in [6.07, 6.45) is 23.7. The van der Waals surface area contributed by atoms with Crippen molar-refractivity contribution in [3.8, 4) is 0 Å². The van der Waals surface area contributed by atoms with Crippen molar-refractivity contribution < 1.29 is 31.4 Å². The van der Waals surface area contributed by atoms with E-state index in [9.17, 15) is 22.1 Å². The molecule has 0 aliphatic heterocycles. The Hall–Kier alpha value is -1.54. The van der Waals surface area contributed by atoms with E-state index in [2.05, 4.69) is 32.3 Å². The van der Waals surface area contributed by atoms with Gasteiger partial charge < -0.3 is 22.0 Å². The lowest BCUT2D eigenvalue weighted by molar-refractivity contribution is -0.673. The second-order valence-electron chi connectivity index (χ2n) is 11.6. The summed E-state index contributed by atoms with van der Waals surface area (Å²) in [5, 5.41) is 0. The molecule has 1 aliphatic carbocycles. The zero-order valence-electron chi connectivity index (χ0n) is 24.6. The van der Waals surface area contributed by atoms with Crippen molar-refractivity contribution in [3.63, 3.8) is 0 Å². The predicted molar refractivity (Wildman–Crippen MR) is 147 cm³/mol. The summed E-state index contributed by atoms with van der Waals surface area (Å²) in [4.78, 5) is 13.1. The highest BCUT2D eigenvalue weighted by molar-refractivity contribution is 6.50. The van der Waals surface area contributed by atoms with Gasteiger partial charge in [0, 0.05) is 0 Å². The van der Waals surface area contributed by atoms with E-state index in [4.69, 9.17) is 4.74 Å². The van der Waals surface area contributed by atoms with Crippen LogP contribution in [0.3, 0.4) is 0 Å². The number of ether oxygens (including phenoxy) is 1. The molecule has 0 radical (unpaired) electrons. The molecule has 1 heterocycles. The molecular weight excluding hydrogens is 495 g/mol. The molecule has 1 saturated carbocycles. The first-order chi connectivity index (χ1) is 17.9. The fourth-order valence-electron chi connectivity index (χ4n) is 5.53. The third kappa shape index (κ3) is 15.2. The average molecular weight is 549 g/mol. The van der Waals surface area contributed by atoms with Gasteiger partial charge in [-0.3, -0.25) is 0 Å². The largest absolute Gasteiger partial charge is 0.673 e. The minimum atomic E-state index is -6.00. The van der Waals surface area contributed by atoms with Crippen molar-refractivity contribution in [2.24, 2.45) is 24.8 Å². The van der Waals surface area contributed by atoms with E-state index in [-0.39, 0.29) is 12.1 Å². The molecule has 1 aromatic rings. The number of nitrogens with zero attached hydrogens (tertiary/aromatic N) is 2. The molecule has 0 aromatic carbocycles. The van der Waals surface area contributed by atoms with Crippen LogP contribution in [0.5, 0.6) is 0 Å². The molecule has 222 valence electrons. The molecule has 9 heteroatoms. The summed E-state index contributed by atoms with van der Waals surface area (Å²) in [5.74, 6) is 2.22. The number of hydrogen-bond acceptors (Lipinski definition) is 2. The summed E-state index contributed by atoms with van der Waals surface area (Å²) in [6, 6.07) is 0. The first kappa shape index (κ1) is 34.5. The maximum atomic E-state index is 13.1. The molecule has 4 nitrogen and oxygen atoms in total. The number of unbranched alkanes of at least 4 members (excludes halogenated alkanes) is 11. The monoisotopic (exact) mass is 548 g/mol. The van der Waals surface area contributed by atoms with E-state index in [1.54, 1.807) is 0 Å². The van der Waals surface area contributed by atoms with Crippen LogP contribution < -0.4 is 4.57 Å².